The van der Waals surface area contributed by atoms with Gasteiger partial charge in [-0.05, 0) is 24.9 Å². The lowest BCUT2D eigenvalue weighted by molar-refractivity contribution is -0.125. The van der Waals surface area contributed by atoms with Crippen molar-refractivity contribution in [3.63, 3.8) is 0 Å². The Bertz CT molecular complexity index is 477. The van der Waals surface area contributed by atoms with Gasteiger partial charge in [-0.2, -0.15) is 0 Å². The summed E-state index contributed by atoms with van der Waals surface area (Å²) in [5.74, 6) is 0.0753. The lowest BCUT2D eigenvalue weighted by atomic mass is 10.0. The van der Waals surface area contributed by atoms with E-state index in [0.717, 1.165) is 24.9 Å². The molecule has 2 unspecified atom stereocenters. The van der Waals surface area contributed by atoms with Crippen LogP contribution in [0.3, 0.4) is 0 Å². The third-order valence-electron chi connectivity index (χ3n) is 3.82. The summed E-state index contributed by atoms with van der Waals surface area (Å²) in [6, 6.07) is 10.1. The van der Waals surface area contributed by atoms with Gasteiger partial charge in [-0.25, -0.2) is 0 Å². The highest BCUT2D eigenvalue weighted by molar-refractivity contribution is 7.80. The lowest BCUT2D eigenvalue weighted by Crippen LogP contribution is -2.44. The lowest BCUT2D eigenvalue weighted by Gasteiger charge is -2.32. The zero-order valence-corrected chi connectivity index (χ0v) is 12.5. The predicted octanol–water partition coefficient (Wildman–Crippen LogP) is 1.61. The number of thiocarbonyl (C=S) groups is 1. The molecule has 4 nitrogen and oxygen atoms in total. The Morgan fingerprint density at radius 1 is 1.50 bits per heavy atom. The zero-order valence-electron chi connectivity index (χ0n) is 11.7. The zero-order chi connectivity index (χ0) is 14.5. The Morgan fingerprint density at radius 2 is 2.20 bits per heavy atom. The van der Waals surface area contributed by atoms with E-state index in [9.17, 15) is 4.79 Å². The van der Waals surface area contributed by atoms with Crippen LogP contribution in [0.15, 0.2) is 30.3 Å². The van der Waals surface area contributed by atoms with E-state index in [1.54, 1.807) is 7.05 Å². The molecule has 0 aliphatic carbocycles. The smallest absolute Gasteiger partial charge is 0.237 e. The molecule has 0 radical (unpaired) electrons. The fourth-order valence-corrected chi connectivity index (χ4v) is 3.06. The summed E-state index contributed by atoms with van der Waals surface area (Å²) >= 11 is 5.09. The number of nitrogens with one attached hydrogen (secondary N) is 1. The SMILES string of the molecule is CNC(=O)C1CCCN1C(CC(N)=S)c1ccccc1. The van der Waals surface area contributed by atoms with Gasteiger partial charge < -0.3 is 11.1 Å². The number of rotatable bonds is 5. The molecule has 1 fully saturated rings. The van der Waals surface area contributed by atoms with Crippen molar-refractivity contribution in [2.45, 2.75) is 31.3 Å². The minimum atomic E-state index is -0.0837. The molecule has 2 rings (SSSR count). The number of hydrogen-bond donors (Lipinski definition) is 2. The quantitative estimate of drug-likeness (QED) is 0.809. The van der Waals surface area contributed by atoms with E-state index in [4.69, 9.17) is 18.0 Å². The number of carbonyl (C=O) groups is 1. The molecule has 1 amide bonds. The maximum absolute atomic E-state index is 12.0. The molecular weight excluding hydrogens is 270 g/mol. The number of carbonyl (C=O) groups excluding carboxylic acids is 1. The second-order valence-electron chi connectivity index (χ2n) is 5.11. The fourth-order valence-electron chi connectivity index (χ4n) is 2.90. The summed E-state index contributed by atoms with van der Waals surface area (Å²) < 4.78 is 0. The Morgan fingerprint density at radius 3 is 2.80 bits per heavy atom. The third-order valence-corrected chi connectivity index (χ3v) is 3.99. The van der Waals surface area contributed by atoms with Crippen molar-refractivity contribution >= 4 is 23.1 Å². The average molecular weight is 291 g/mol. The Labute approximate surface area is 125 Å². The number of likely N-dealkylation sites (tertiary alicyclic amines) is 1. The Hall–Kier alpha value is -1.46. The molecule has 2 atom stereocenters. The van der Waals surface area contributed by atoms with Crippen LogP contribution in [0.2, 0.25) is 0 Å². The number of likely N-dealkylation sites (N-methyl/N-ethyl adjacent to an activating group) is 1. The van der Waals surface area contributed by atoms with Crippen LogP contribution in [-0.2, 0) is 4.79 Å². The summed E-state index contributed by atoms with van der Waals surface area (Å²) in [7, 11) is 1.68. The highest BCUT2D eigenvalue weighted by atomic mass is 32.1. The van der Waals surface area contributed by atoms with E-state index in [1.165, 1.54) is 0 Å². The van der Waals surface area contributed by atoms with E-state index in [1.807, 2.05) is 18.2 Å². The first-order chi connectivity index (χ1) is 9.63. The van der Waals surface area contributed by atoms with Crippen LogP contribution in [0.25, 0.3) is 0 Å². The number of nitrogens with two attached hydrogens (primary N) is 1. The van der Waals surface area contributed by atoms with Gasteiger partial charge in [0, 0.05) is 19.5 Å². The molecule has 108 valence electrons. The van der Waals surface area contributed by atoms with Gasteiger partial charge in [-0.15, -0.1) is 0 Å². The van der Waals surface area contributed by atoms with Crippen LogP contribution in [0.4, 0.5) is 0 Å². The van der Waals surface area contributed by atoms with E-state index >= 15 is 0 Å². The molecule has 20 heavy (non-hydrogen) atoms. The van der Waals surface area contributed by atoms with Gasteiger partial charge in [0.1, 0.15) is 0 Å². The van der Waals surface area contributed by atoms with Crippen LogP contribution in [0, 0.1) is 0 Å². The van der Waals surface area contributed by atoms with Crippen molar-refractivity contribution in [1.82, 2.24) is 10.2 Å². The molecule has 1 aromatic carbocycles. The van der Waals surface area contributed by atoms with Gasteiger partial charge in [0.05, 0.1) is 11.0 Å². The van der Waals surface area contributed by atoms with Crippen LogP contribution in [-0.4, -0.2) is 35.4 Å². The molecule has 1 aromatic rings. The van der Waals surface area contributed by atoms with Crippen molar-refractivity contribution in [2.75, 3.05) is 13.6 Å². The van der Waals surface area contributed by atoms with Crippen molar-refractivity contribution in [1.29, 1.82) is 0 Å². The molecule has 3 N–H and O–H groups in total. The second-order valence-corrected chi connectivity index (χ2v) is 5.63. The van der Waals surface area contributed by atoms with Crippen LogP contribution in [0.1, 0.15) is 30.9 Å². The Kier molecular flexibility index (Phi) is 5.09. The molecule has 1 saturated heterocycles. The minimum Gasteiger partial charge on any atom is -0.393 e. The molecule has 1 heterocycles. The van der Waals surface area contributed by atoms with Gasteiger partial charge in [-0.3, -0.25) is 9.69 Å². The fraction of sp³-hybridized carbons (Fsp3) is 0.467. The van der Waals surface area contributed by atoms with Crippen molar-refractivity contribution < 1.29 is 4.79 Å². The molecule has 1 aliphatic heterocycles. The molecular formula is C15H21N3OS. The van der Waals surface area contributed by atoms with Crippen LogP contribution >= 0.6 is 12.2 Å². The molecule has 0 aromatic heterocycles. The van der Waals surface area contributed by atoms with Crippen LogP contribution < -0.4 is 11.1 Å². The number of benzene rings is 1. The number of hydrogen-bond acceptors (Lipinski definition) is 3. The highest BCUT2D eigenvalue weighted by Crippen LogP contribution is 2.32. The summed E-state index contributed by atoms with van der Waals surface area (Å²) in [6.07, 6.45) is 2.52. The number of amides is 1. The van der Waals surface area contributed by atoms with Gasteiger partial charge in [0.15, 0.2) is 0 Å². The van der Waals surface area contributed by atoms with E-state index in [-0.39, 0.29) is 18.0 Å². The maximum atomic E-state index is 12.0. The summed E-state index contributed by atoms with van der Waals surface area (Å²) in [5.41, 5.74) is 6.92. The average Bonchev–Trinajstić information content (AvgIpc) is 2.93. The topological polar surface area (TPSA) is 58.4 Å². The van der Waals surface area contributed by atoms with Crippen molar-refractivity contribution in [2.24, 2.45) is 5.73 Å². The maximum Gasteiger partial charge on any atom is 0.237 e. The molecule has 1 aliphatic rings. The molecule has 0 spiro atoms. The monoisotopic (exact) mass is 291 g/mol. The normalized spacial score (nSPS) is 20.6. The van der Waals surface area contributed by atoms with E-state index in [0.29, 0.717) is 11.4 Å². The molecule has 0 saturated carbocycles. The molecule has 0 bridgehead atoms. The standard InChI is InChI=1S/C15H21N3OS/c1-17-15(19)12-8-5-9-18(12)13(10-14(16)20)11-6-3-2-4-7-11/h2-4,6-7,12-13H,5,8-10H2,1H3,(H2,16,20)(H,17,19). The van der Waals surface area contributed by atoms with E-state index < -0.39 is 0 Å². The predicted molar refractivity (Wildman–Crippen MR) is 84.4 cm³/mol. The molecule has 5 heteroatoms. The van der Waals surface area contributed by atoms with E-state index in [2.05, 4.69) is 22.3 Å². The highest BCUT2D eigenvalue weighted by Gasteiger charge is 2.35. The van der Waals surface area contributed by atoms with Crippen molar-refractivity contribution in [3.8, 4) is 0 Å². The van der Waals surface area contributed by atoms with Crippen LogP contribution in [0.5, 0.6) is 0 Å². The summed E-state index contributed by atoms with van der Waals surface area (Å²) in [5, 5.41) is 2.75. The first kappa shape index (κ1) is 14.9. The summed E-state index contributed by atoms with van der Waals surface area (Å²) in [4.78, 5) is 14.7. The largest absolute Gasteiger partial charge is 0.393 e. The van der Waals surface area contributed by atoms with Gasteiger partial charge >= 0.3 is 0 Å². The van der Waals surface area contributed by atoms with Crippen molar-refractivity contribution in [3.05, 3.63) is 35.9 Å². The minimum absolute atomic E-state index is 0.0753. The first-order valence-electron chi connectivity index (χ1n) is 6.94. The Balaban J connectivity index is 2.26. The van der Waals surface area contributed by atoms with Gasteiger partial charge in [-0.1, -0.05) is 42.5 Å². The second kappa shape index (κ2) is 6.81. The van der Waals surface area contributed by atoms with Gasteiger partial charge in [0.25, 0.3) is 0 Å². The summed E-state index contributed by atoms with van der Waals surface area (Å²) in [6.45, 7) is 0.903. The number of nitrogens with zero attached hydrogens (tertiary/aromatic N) is 1. The first-order valence-corrected chi connectivity index (χ1v) is 7.35. The van der Waals surface area contributed by atoms with Gasteiger partial charge in [0.2, 0.25) is 5.91 Å². The third kappa shape index (κ3) is 3.35.